The van der Waals surface area contributed by atoms with E-state index in [4.69, 9.17) is 15.2 Å². The van der Waals surface area contributed by atoms with Crippen LogP contribution in [0.1, 0.15) is 12.8 Å². The summed E-state index contributed by atoms with van der Waals surface area (Å²) in [5, 5.41) is 0. The van der Waals surface area contributed by atoms with E-state index >= 15 is 0 Å². The lowest BCUT2D eigenvalue weighted by atomic mass is 10.00. The van der Waals surface area contributed by atoms with Gasteiger partial charge in [0.15, 0.2) is 5.75 Å². The number of ether oxygens (including phenoxy) is 2. The first-order valence-electron chi connectivity index (χ1n) is 6.14. The largest absolute Gasteiger partial charge is 0.494 e. The summed E-state index contributed by atoms with van der Waals surface area (Å²) in [6.07, 6.45) is 5.54. The van der Waals surface area contributed by atoms with Crippen LogP contribution in [0.5, 0.6) is 5.75 Å². The second kappa shape index (κ2) is 5.97. The third-order valence-corrected chi connectivity index (χ3v) is 3.38. The molecule has 18 heavy (non-hydrogen) atoms. The Kier molecular flexibility index (Phi) is 4.33. The number of nitrogens with two attached hydrogens (primary N) is 1. The van der Waals surface area contributed by atoms with Gasteiger partial charge in [0.1, 0.15) is 0 Å². The highest BCUT2D eigenvalue weighted by Crippen LogP contribution is 2.23. The normalized spacial score (nSPS) is 24.1. The number of rotatable bonds is 4. The summed E-state index contributed by atoms with van der Waals surface area (Å²) in [5.74, 6) is 1.37. The Morgan fingerprint density at radius 1 is 1.39 bits per heavy atom. The van der Waals surface area contributed by atoms with Gasteiger partial charge in [-0.25, -0.2) is 9.97 Å². The van der Waals surface area contributed by atoms with Gasteiger partial charge < -0.3 is 20.1 Å². The molecule has 2 unspecified atom stereocenters. The molecule has 0 radical (unpaired) electrons. The highest BCUT2D eigenvalue weighted by Gasteiger charge is 2.29. The molecule has 2 heterocycles. The summed E-state index contributed by atoms with van der Waals surface area (Å²) in [7, 11) is 3.35. The Morgan fingerprint density at radius 3 is 2.67 bits per heavy atom. The smallest absolute Gasteiger partial charge is 0.225 e. The number of hydrogen-bond acceptors (Lipinski definition) is 6. The molecule has 1 aromatic rings. The van der Waals surface area contributed by atoms with Gasteiger partial charge in [0.25, 0.3) is 0 Å². The summed E-state index contributed by atoms with van der Waals surface area (Å²) in [4.78, 5) is 10.8. The Balaban J connectivity index is 2.10. The SMILES string of the molecule is COc1cnc(N2CCC(OC)CC2CN)nc1. The van der Waals surface area contributed by atoms with Crippen molar-refractivity contribution >= 4 is 5.95 Å². The lowest BCUT2D eigenvalue weighted by molar-refractivity contribution is 0.0706. The van der Waals surface area contributed by atoms with Crippen LogP contribution >= 0.6 is 0 Å². The number of anilines is 1. The minimum atomic E-state index is 0.233. The lowest BCUT2D eigenvalue weighted by Crippen LogP contribution is -2.49. The monoisotopic (exact) mass is 252 g/mol. The van der Waals surface area contributed by atoms with Crippen LogP contribution in [-0.4, -0.2) is 49.4 Å². The molecule has 0 spiro atoms. The molecule has 0 aliphatic carbocycles. The van der Waals surface area contributed by atoms with Crippen molar-refractivity contribution in [2.24, 2.45) is 5.73 Å². The zero-order valence-corrected chi connectivity index (χ0v) is 10.9. The molecular formula is C12H20N4O2. The Bertz CT molecular complexity index is 371. The summed E-state index contributed by atoms with van der Waals surface area (Å²) < 4.78 is 10.5. The zero-order chi connectivity index (χ0) is 13.0. The molecule has 2 N–H and O–H groups in total. The first-order valence-corrected chi connectivity index (χ1v) is 6.14. The van der Waals surface area contributed by atoms with E-state index in [2.05, 4.69) is 14.9 Å². The predicted molar refractivity (Wildman–Crippen MR) is 68.8 cm³/mol. The van der Waals surface area contributed by atoms with Gasteiger partial charge in [-0.2, -0.15) is 0 Å². The molecule has 0 amide bonds. The minimum absolute atomic E-state index is 0.233. The second-order valence-corrected chi connectivity index (χ2v) is 4.39. The maximum absolute atomic E-state index is 5.83. The summed E-state index contributed by atoms with van der Waals surface area (Å²) in [5.41, 5.74) is 5.83. The number of piperidine rings is 1. The van der Waals surface area contributed by atoms with E-state index < -0.39 is 0 Å². The molecule has 2 rings (SSSR count). The van der Waals surface area contributed by atoms with Gasteiger partial charge in [-0.3, -0.25) is 0 Å². The van der Waals surface area contributed by atoms with Gasteiger partial charge in [0, 0.05) is 26.2 Å². The van der Waals surface area contributed by atoms with Gasteiger partial charge in [-0.1, -0.05) is 0 Å². The molecule has 6 nitrogen and oxygen atoms in total. The third-order valence-electron chi connectivity index (χ3n) is 3.38. The van der Waals surface area contributed by atoms with Crippen LogP contribution in [-0.2, 0) is 4.74 Å². The van der Waals surface area contributed by atoms with Crippen molar-refractivity contribution in [2.45, 2.75) is 25.0 Å². The number of hydrogen-bond donors (Lipinski definition) is 1. The molecule has 1 saturated heterocycles. The van der Waals surface area contributed by atoms with Crippen molar-refractivity contribution in [3.05, 3.63) is 12.4 Å². The molecule has 0 saturated carbocycles. The molecule has 1 aromatic heterocycles. The van der Waals surface area contributed by atoms with Crippen molar-refractivity contribution in [3.8, 4) is 5.75 Å². The highest BCUT2D eigenvalue weighted by atomic mass is 16.5. The zero-order valence-electron chi connectivity index (χ0n) is 10.9. The molecule has 0 bridgehead atoms. The fraction of sp³-hybridized carbons (Fsp3) is 0.667. The van der Waals surface area contributed by atoms with E-state index in [-0.39, 0.29) is 12.1 Å². The van der Waals surface area contributed by atoms with Crippen LogP contribution in [0.2, 0.25) is 0 Å². The van der Waals surface area contributed by atoms with Crippen LogP contribution in [0.3, 0.4) is 0 Å². The van der Waals surface area contributed by atoms with Crippen molar-refractivity contribution in [3.63, 3.8) is 0 Å². The molecule has 0 aromatic carbocycles. The number of methoxy groups -OCH3 is 2. The standard InChI is InChI=1S/C12H20N4O2/c1-17-10-3-4-16(9(5-10)6-13)12-14-7-11(18-2)8-15-12/h7-10H,3-6,13H2,1-2H3. The van der Waals surface area contributed by atoms with E-state index in [1.807, 2.05) is 0 Å². The van der Waals surface area contributed by atoms with E-state index in [0.717, 1.165) is 19.4 Å². The average molecular weight is 252 g/mol. The second-order valence-electron chi connectivity index (χ2n) is 4.39. The molecular weight excluding hydrogens is 232 g/mol. The molecule has 6 heteroatoms. The van der Waals surface area contributed by atoms with Crippen LogP contribution < -0.4 is 15.4 Å². The van der Waals surface area contributed by atoms with E-state index in [9.17, 15) is 0 Å². The summed E-state index contributed by atoms with van der Waals surface area (Å²) in [6, 6.07) is 0.233. The minimum Gasteiger partial charge on any atom is -0.494 e. The number of nitrogens with zero attached hydrogens (tertiary/aromatic N) is 3. The first kappa shape index (κ1) is 13.0. The van der Waals surface area contributed by atoms with E-state index in [1.54, 1.807) is 26.6 Å². The maximum Gasteiger partial charge on any atom is 0.225 e. The lowest BCUT2D eigenvalue weighted by Gasteiger charge is -2.38. The highest BCUT2D eigenvalue weighted by molar-refractivity contribution is 5.34. The topological polar surface area (TPSA) is 73.5 Å². The number of aromatic nitrogens is 2. The van der Waals surface area contributed by atoms with Crippen LogP contribution in [0.4, 0.5) is 5.95 Å². The summed E-state index contributed by atoms with van der Waals surface area (Å²) in [6.45, 7) is 1.45. The quantitative estimate of drug-likeness (QED) is 0.837. The average Bonchev–Trinajstić information content (AvgIpc) is 2.46. The van der Waals surface area contributed by atoms with Crippen LogP contribution in [0, 0.1) is 0 Å². The third kappa shape index (κ3) is 2.70. The molecule has 1 aliphatic heterocycles. The first-order chi connectivity index (χ1) is 8.78. The maximum atomic E-state index is 5.83. The Labute approximate surface area is 107 Å². The molecule has 100 valence electrons. The van der Waals surface area contributed by atoms with Crippen molar-refractivity contribution in [1.29, 1.82) is 0 Å². The van der Waals surface area contributed by atoms with Crippen LogP contribution in [0.25, 0.3) is 0 Å². The molecule has 1 aliphatic rings. The van der Waals surface area contributed by atoms with E-state index in [0.29, 0.717) is 18.2 Å². The summed E-state index contributed by atoms with van der Waals surface area (Å²) >= 11 is 0. The van der Waals surface area contributed by atoms with Gasteiger partial charge in [-0.05, 0) is 12.8 Å². The van der Waals surface area contributed by atoms with Gasteiger partial charge >= 0.3 is 0 Å². The Morgan fingerprint density at radius 2 is 2.11 bits per heavy atom. The Hall–Kier alpha value is -1.40. The van der Waals surface area contributed by atoms with Crippen molar-refractivity contribution < 1.29 is 9.47 Å². The van der Waals surface area contributed by atoms with Crippen molar-refractivity contribution in [2.75, 3.05) is 32.2 Å². The fourth-order valence-corrected chi connectivity index (χ4v) is 2.28. The molecule has 1 fully saturated rings. The van der Waals surface area contributed by atoms with E-state index in [1.165, 1.54) is 0 Å². The molecule has 2 atom stereocenters. The predicted octanol–water partition coefficient (Wildman–Crippen LogP) is 0.428. The van der Waals surface area contributed by atoms with Crippen molar-refractivity contribution in [1.82, 2.24) is 9.97 Å². The van der Waals surface area contributed by atoms with Crippen LogP contribution in [0.15, 0.2) is 12.4 Å². The van der Waals surface area contributed by atoms with Gasteiger partial charge in [0.2, 0.25) is 5.95 Å². The fourth-order valence-electron chi connectivity index (χ4n) is 2.28. The van der Waals surface area contributed by atoms with Gasteiger partial charge in [-0.15, -0.1) is 0 Å². The van der Waals surface area contributed by atoms with Gasteiger partial charge in [0.05, 0.1) is 25.6 Å².